The van der Waals surface area contributed by atoms with Crippen molar-refractivity contribution in [1.82, 2.24) is 9.80 Å². The van der Waals surface area contributed by atoms with Crippen LogP contribution < -0.4 is 9.47 Å². The summed E-state index contributed by atoms with van der Waals surface area (Å²) in [6.45, 7) is 5.09. The summed E-state index contributed by atoms with van der Waals surface area (Å²) in [5.41, 5.74) is 1.18. The van der Waals surface area contributed by atoms with E-state index in [1.807, 2.05) is 54.3 Å². The first-order valence-electron chi connectivity index (χ1n) is 12.1. The van der Waals surface area contributed by atoms with Gasteiger partial charge in [0.1, 0.15) is 11.5 Å². The Morgan fingerprint density at radius 1 is 0.879 bits per heavy atom. The molecule has 2 aromatic rings. The third-order valence-electron chi connectivity index (χ3n) is 6.64. The van der Waals surface area contributed by atoms with E-state index in [0.29, 0.717) is 32.7 Å². The highest BCUT2D eigenvalue weighted by atomic mass is 16.5. The van der Waals surface area contributed by atoms with E-state index in [4.69, 9.17) is 9.47 Å². The van der Waals surface area contributed by atoms with E-state index in [0.717, 1.165) is 43.7 Å². The number of para-hydroxylation sites is 1. The molecule has 0 bridgehead atoms. The maximum absolute atomic E-state index is 13.3. The SMILES string of the molecule is CCOc1ccc(C2CCCN2C(=O)C2CCN(C(=O)CCOc3ccccc3)CC2)cc1. The van der Waals surface area contributed by atoms with Crippen molar-refractivity contribution < 1.29 is 19.1 Å². The normalized spacial score (nSPS) is 18.9. The van der Waals surface area contributed by atoms with Crippen LogP contribution in [0.25, 0.3) is 0 Å². The number of rotatable bonds is 8. The Morgan fingerprint density at radius 3 is 2.27 bits per heavy atom. The van der Waals surface area contributed by atoms with Gasteiger partial charge in [0.05, 0.1) is 25.7 Å². The molecule has 6 heteroatoms. The Labute approximate surface area is 196 Å². The summed E-state index contributed by atoms with van der Waals surface area (Å²) in [5.74, 6) is 1.99. The molecule has 2 amide bonds. The molecule has 2 aliphatic rings. The molecule has 2 heterocycles. The van der Waals surface area contributed by atoms with E-state index in [-0.39, 0.29) is 23.8 Å². The molecule has 33 heavy (non-hydrogen) atoms. The third-order valence-corrected chi connectivity index (χ3v) is 6.64. The molecule has 2 aromatic carbocycles. The van der Waals surface area contributed by atoms with Gasteiger partial charge in [-0.1, -0.05) is 30.3 Å². The van der Waals surface area contributed by atoms with Crippen molar-refractivity contribution >= 4 is 11.8 Å². The van der Waals surface area contributed by atoms with Crippen molar-refractivity contribution in [1.29, 1.82) is 0 Å². The average molecular weight is 451 g/mol. The quantitative estimate of drug-likeness (QED) is 0.596. The second kappa shape index (κ2) is 11.2. The van der Waals surface area contributed by atoms with Crippen molar-refractivity contribution in [3.8, 4) is 11.5 Å². The second-order valence-corrected chi connectivity index (χ2v) is 8.76. The van der Waals surface area contributed by atoms with Crippen LogP contribution >= 0.6 is 0 Å². The minimum Gasteiger partial charge on any atom is -0.494 e. The number of likely N-dealkylation sites (tertiary alicyclic amines) is 2. The van der Waals surface area contributed by atoms with Gasteiger partial charge in [0.2, 0.25) is 11.8 Å². The summed E-state index contributed by atoms with van der Waals surface area (Å²) in [4.78, 5) is 29.9. The molecule has 2 fully saturated rings. The summed E-state index contributed by atoms with van der Waals surface area (Å²) < 4.78 is 11.2. The number of amides is 2. The maximum Gasteiger partial charge on any atom is 0.226 e. The van der Waals surface area contributed by atoms with E-state index in [1.165, 1.54) is 5.56 Å². The molecule has 0 aliphatic carbocycles. The average Bonchev–Trinajstić information content (AvgIpc) is 3.35. The predicted octanol–water partition coefficient (Wildman–Crippen LogP) is 4.46. The minimum atomic E-state index is -0.00193. The van der Waals surface area contributed by atoms with Gasteiger partial charge in [0.15, 0.2) is 0 Å². The van der Waals surface area contributed by atoms with Crippen molar-refractivity contribution in [2.24, 2.45) is 5.92 Å². The lowest BCUT2D eigenvalue weighted by molar-refractivity contribution is -0.141. The largest absolute Gasteiger partial charge is 0.494 e. The van der Waals surface area contributed by atoms with Gasteiger partial charge in [0.25, 0.3) is 0 Å². The number of piperidine rings is 1. The van der Waals surface area contributed by atoms with Crippen LogP contribution in [-0.4, -0.2) is 54.5 Å². The lowest BCUT2D eigenvalue weighted by Crippen LogP contribution is -2.44. The molecular weight excluding hydrogens is 416 g/mol. The molecule has 2 aliphatic heterocycles. The predicted molar refractivity (Wildman–Crippen MR) is 127 cm³/mol. The summed E-state index contributed by atoms with van der Waals surface area (Å²) in [5, 5.41) is 0. The van der Waals surface area contributed by atoms with Gasteiger partial charge < -0.3 is 19.3 Å². The van der Waals surface area contributed by atoms with Crippen molar-refractivity contribution in [3.05, 3.63) is 60.2 Å². The molecule has 176 valence electrons. The molecule has 0 spiro atoms. The fraction of sp³-hybridized carbons (Fsp3) is 0.481. The standard InChI is InChI=1S/C27H34N2O4/c1-2-32-24-12-10-21(11-13-24)25-9-6-17-29(25)27(31)22-14-18-28(19-15-22)26(30)16-20-33-23-7-4-3-5-8-23/h3-5,7-8,10-13,22,25H,2,6,9,14-20H2,1H3. The van der Waals surface area contributed by atoms with Gasteiger partial charge in [-0.25, -0.2) is 0 Å². The Morgan fingerprint density at radius 2 is 1.58 bits per heavy atom. The number of benzene rings is 2. The smallest absolute Gasteiger partial charge is 0.226 e. The summed E-state index contributed by atoms with van der Waals surface area (Å²) in [6, 6.07) is 17.8. The van der Waals surface area contributed by atoms with Crippen LogP contribution in [0.4, 0.5) is 0 Å². The lowest BCUT2D eigenvalue weighted by Gasteiger charge is -2.35. The molecule has 2 saturated heterocycles. The number of carbonyl (C=O) groups excluding carboxylic acids is 2. The first-order valence-corrected chi connectivity index (χ1v) is 12.1. The van der Waals surface area contributed by atoms with Crippen LogP contribution in [0.5, 0.6) is 11.5 Å². The minimum absolute atomic E-state index is 0.00193. The van der Waals surface area contributed by atoms with E-state index in [2.05, 4.69) is 17.0 Å². The molecule has 0 aromatic heterocycles. The van der Waals surface area contributed by atoms with Crippen LogP contribution in [0, 0.1) is 5.92 Å². The highest BCUT2D eigenvalue weighted by Gasteiger charge is 2.36. The monoisotopic (exact) mass is 450 g/mol. The van der Waals surface area contributed by atoms with Gasteiger partial charge >= 0.3 is 0 Å². The molecule has 1 unspecified atom stereocenters. The van der Waals surface area contributed by atoms with Crippen LogP contribution in [0.2, 0.25) is 0 Å². The molecule has 0 saturated carbocycles. The first kappa shape index (κ1) is 23.1. The number of hydrogen-bond acceptors (Lipinski definition) is 4. The van der Waals surface area contributed by atoms with E-state index in [9.17, 15) is 9.59 Å². The molecule has 0 N–H and O–H groups in total. The fourth-order valence-corrected chi connectivity index (χ4v) is 4.87. The molecule has 0 radical (unpaired) electrons. The number of carbonyl (C=O) groups is 2. The highest BCUT2D eigenvalue weighted by molar-refractivity contribution is 5.81. The van der Waals surface area contributed by atoms with Gasteiger partial charge in [-0.3, -0.25) is 9.59 Å². The Kier molecular flexibility index (Phi) is 7.87. The van der Waals surface area contributed by atoms with Crippen LogP contribution in [-0.2, 0) is 9.59 Å². The Bertz CT molecular complexity index is 907. The number of hydrogen-bond donors (Lipinski definition) is 0. The number of ether oxygens (including phenoxy) is 2. The number of nitrogens with zero attached hydrogens (tertiary/aromatic N) is 2. The van der Waals surface area contributed by atoms with E-state index in [1.54, 1.807) is 0 Å². The van der Waals surface area contributed by atoms with Gasteiger partial charge in [-0.2, -0.15) is 0 Å². The lowest BCUT2D eigenvalue weighted by atomic mass is 9.94. The fourth-order valence-electron chi connectivity index (χ4n) is 4.87. The van der Waals surface area contributed by atoms with Crippen molar-refractivity contribution in [3.63, 3.8) is 0 Å². The van der Waals surface area contributed by atoms with Gasteiger partial charge in [0, 0.05) is 25.6 Å². The third kappa shape index (κ3) is 5.86. The molecule has 6 nitrogen and oxygen atoms in total. The molecule has 4 rings (SSSR count). The zero-order chi connectivity index (χ0) is 23.0. The zero-order valence-corrected chi connectivity index (χ0v) is 19.4. The van der Waals surface area contributed by atoms with E-state index >= 15 is 0 Å². The van der Waals surface area contributed by atoms with Crippen molar-refractivity contribution in [2.75, 3.05) is 32.8 Å². The maximum atomic E-state index is 13.3. The highest BCUT2D eigenvalue weighted by Crippen LogP contribution is 2.35. The second-order valence-electron chi connectivity index (χ2n) is 8.76. The topological polar surface area (TPSA) is 59.1 Å². The molecular formula is C27H34N2O4. The first-order chi connectivity index (χ1) is 16.2. The van der Waals surface area contributed by atoms with Crippen LogP contribution in [0.15, 0.2) is 54.6 Å². The molecule has 1 atom stereocenters. The van der Waals surface area contributed by atoms with Crippen molar-refractivity contribution in [2.45, 2.75) is 45.1 Å². The summed E-state index contributed by atoms with van der Waals surface area (Å²) in [6.07, 6.45) is 3.85. The summed E-state index contributed by atoms with van der Waals surface area (Å²) in [7, 11) is 0. The Hall–Kier alpha value is -3.02. The Balaban J connectivity index is 1.25. The van der Waals surface area contributed by atoms with Gasteiger partial charge in [-0.05, 0) is 62.4 Å². The van der Waals surface area contributed by atoms with E-state index < -0.39 is 0 Å². The summed E-state index contributed by atoms with van der Waals surface area (Å²) >= 11 is 0. The van der Waals surface area contributed by atoms with Crippen LogP contribution in [0.3, 0.4) is 0 Å². The van der Waals surface area contributed by atoms with Crippen LogP contribution in [0.1, 0.15) is 50.6 Å². The zero-order valence-electron chi connectivity index (χ0n) is 19.4. The van der Waals surface area contributed by atoms with Gasteiger partial charge in [-0.15, -0.1) is 0 Å².